The van der Waals surface area contributed by atoms with Crippen molar-refractivity contribution in [3.05, 3.63) is 24.6 Å². The fraction of sp³-hybridized carbons (Fsp3) is 0.600. The lowest BCUT2D eigenvalue weighted by Crippen LogP contribution is -2.33. The third-order valence-electron chi connectivity index (χ3n) is 2.74. The maximum absolute atomic E-state index is 5.82. The van der Waals surface area contributed by atoms with Gasteiger partial charge in [0.05, 0.1) is 12.2 Å². The van der Waals surface area contributed by atoms with Crippen molar-refractivity contribution in [1.29, 1.82) is 0 Å². The Hall–Kier alpha value is -1.17. The second kappa shape index (κ2) is 15.2. The van der Waals surface area contributed by atoms with Gasteiger partial charge in [0, 0.05) is 11.9 Å². The van der Waals surface area contributed by atoms with E-state index in [1.54, 1.807) is 12.3 Å². The molecule has 0 aliphatic carbocycles. The normalized spacial score (nSPS) is 13.6. The lowest BCUT2D eigenvalue weighted by atomic mass is 9.95. The summed E-state index contributed by atoms with van der Waals surface area (Å²) in [5.74, 6) is 0. The summed E-state index contributed by atoms with van der Waals surface area (Å²) in [6.07, 6.45) is 5.91. The predicted octanol–water partition coefficient (Wildman–Crippen LogP) is 2.72. The van der Waals surface area contributed by atoms with E-state index in [4.69, 9.17) is 22.1 Å². The second-order valence-corrected chi connectivity index (χ2v) is 4.87. The molecule has 0 aromatic carbocycles. The molecule has 0 radical (unpaired) electrons. The highest BCUT2D eigenvalue weighted by Gasteiger charge is 2.23. The first kappa shape index (κ1) is 22.1. The van der Waals surface area contributed by atoms with Gasteiger partial charge < -0.3 is 15.8 Å². The Morgan fingerprint density at radius 3 is 2.48 bits per heavy atom. The zero-order valence-electron chi connectivity index (χ0n) is 13.3. The molecule has 5 nitrogen and oxygen atoms in total. The van der Waals surface area contributed by atoms with E-state index in [2.05, 4.69) is 42.2 Å². The smallest absolute Gasteiger partial charge is 0.112 e. The van der Waals surface area contributed by atoms with Crippen molar-refractivity contribution >= 4 is 25.0 Å². The number of alkyl halides is 1. The molecule has 1 atom stereocenters. The Kier molecular flexibility index (Phi) is 16.0. The predicted molar refractivity (Wildman–Crippen MR) is 94.4 cm³/mol. The minimum Gasteiger partial charge on any atom is -0.401 e. The molecule has 21 heavy (non-hydrogen) atoms. The summed E-state index contributed by atoms with van der Waals surface area (Å²) >= 11 is 4.96. The molecule has 1 unspecified atom stereocenters. The molecule has 0 bridgehead atoms. The minimum atomic E-state index is -0.184. The van der Waals surface area contributed by atoms with E-state index in [0.717, 1.165) is 31.5 Å². The van der Waals surface area contributed by atoms with Crippen molar-refractivity contribution in [1.82, 2.24) is 5.32 Å². The molecule has 0 aliphatic heterocycles. The number of nitrogens with two attached hydrogens (primary N) is 1. The van der Waals surface area contributed by atoms with Crippen LogP contribution in [0.4, 0.5) is 0 Å². The topological polar surface area (TPSA) is 72.0 Å². The van der Waals surface area contributed by atoms with E-state index in [0.29, 0.717) is 12.6 Å². The number of hydrogen-bond donors (Lipinski definition) is 2. The fourth-order valence-corrected chi connectivity index (χ4v) is 1.51. The quantitative estimate of drug-likeness (QED) is 0.266. The molecule has 0 saturated carbocycles. The average molecular weight is 317 g/mol. The van der Waals surface area contributed by atoms with Gasteiger partial charge in [-0.05, 0) is 53.2 Å². The number of hydrogen-bond acceptors (Lipinski definition) is 5. The summed E-state index contributed by atoms with van der Waals surface area (Å²) in [6, 6.07) is 0.306. The number of nitrogens with one attached hydrogen (secondary N) is 1. The molecule has 0 rings (SSSR count). The minimum absolute atomic E-state index is 0.184. The number of rotatable bonds is 11. The third kappa shape index (κ3) is 15.0. The summed E-state index contributed by atoms with van der Waals surface area (Å²) in [7, 11) is 1.93. The lowest BCUT2D eigenvalue weighted by molar-refractivity contribution is -0.0280. The lowest BCUT2D eigenvalue weighted by Gasteiger charge is -2.29. The molecule has 0 aliphatic rings. The zero-order valence-corrected chi connectivity index (χ0v) is 14.0. The van der Waals surface area contributed by atoms with Crippen molar-refractivity contribution in [3.8, 4) is 0 Å². The van der Waals surface area contributed by atoms with Crippen LogP contribution in [0.1, 0.15) is 26.2 Å². The molecular formula is C15H29ClN4O. The molecule has 122 valence electrons. The molecule has 0 saturated heterocycles. The van der Waals surface area contributed by atoms with Crippen LogP contribution in [0, 0.1) is 0 Å². The van der Waals surface area contributed by atoms with E-state index in [9.17, 15) is 0 Å². The highest BCUT2D eigenvalue weighted by atomic mass is 35.5. The van der Waals surface area contributed by atoms with Crippen LogP contribution in [0.3, 0.4) is 0 Å². The molecular weight excluding hydrogens is 288 g/mol. The van der Waals surface area contributed by atoms with Crippen molar-refractivity contribution < 1.29 is 4.74 Å². The molecule has 0 amide bonds. The Balaban J connectivity index is 0. The standard InChI is InChI=1S/C13H25N3O.C2H4ClN/c1-5-10-17-13(2,8-9-15-3)7-6-12(14)11-16-4;1-4-2-3/h5,11,15H,1,4,6-10,14H2,2-3H3;1-2H2/b12-11+;. The number of nitrogens with zero attached hydrogens (tertiary/aromatic N) is 2. The second-order valence-electron chi connectivity index (χ2n) is 4.63. The van der Waals surface area contributed by atoms with Gasteiger partial charge in [0.15, 0.2) is 0 Å². The molecule has 3 N–H and O–H groups in total. The highest BCUT2D eigenvalue weighted by molar-refractivity contribution is 6.17. The van der Waals surface area contributed by atoms with Crippen molar-refractivity contribution in [3.63, 3.8) is 0 Å². The third-order valence-corrected chi connectivity index (χ3v) is 2.91. The average Bonchev–Trinajstić information content (AvgIpc) is 2.50. The SMILES string of the molecule is C=CCOC(C)(CCNC)CC/C(N)=C\N=C.C=NCCl. The molecule has 0 heterocycles. The van der Waals surface area contributed by atoms with Gasteiger partial charge >= 0.3 is 0 Å². The number of ether oxygens (including phenoxy) is 1. The summed E-state index contributed by atoms with van der Waals surface area (Å²) in [5, 5.41) is 3.13. The number of halogens is 1. The summed E-state index contributed by atoms with van der Waals surface area (Å²) in [5.41, 5.74) is 6.34. The van der Waals surface area contributed by atoms with Gasteiger partial charge in [-0.25, -0.2) is 0 Å². The summed E-state index contributed by atoms with van der Waals surface area (Å²) in [4.78, 5) is 6.91. The van der Waals surface area contributed by atoms with Gasteiger partial charge in [-0.2, -0.15) is 0 Å². The van der Waals surface area contributed by atoms with Crippen LogP contribution in [0.2, 0.25) is 0 Å². The van der Waals surface area contributed by atoms with E-state index in [1.165, 1.54) is 0 Å². The summed E-state index contributed by atoms with van der Waals surface area (Å²) < 4.78 is 5.82. The first-order valence-corrected chi connectivity index (χ1v) is 7.31. The molecule has 0 fully saturated rings. The zero-order chi connectivity index (χ0) is 16.6. The largest absolute Gasteiger partial charge is 0.401 e. The Bertz CT molecular complexity index is 321. The van der Waals surface area contributed by atoms with E-state index < -0.39 is 0 Å². The van der Waals surface area contributed by atoms with Gasteiger partial charge in [0.2, 0.25) is 0 Å². The first-order chi connectivity index (χ1) is 9.99. The molecule has 0 aromatic heterocycles. The van der Waals surface area contributed by atoms with E-state index in [1.807, 2.05) is 7.05 Å². The molecule has 6 heteroatoms. The van der Waals surface area contributed by atoms with E-state index in [-0.39, 0.29) is 5.60 Å². The maximum Gasteiger partial charge on any atom is 0.112 e. The number of aliphatic imine (C=N–C) groups is 2. The summed E-state index contributed by atoms with van der Waals surface area (Å²) in [6.45, 7) is 13.7. The van der Waals surface area contributed by atoms with Crippen LogP contribution < -0.4 is 11.1 Å². The van der Waals surface area contributed by atoms with Crippen LogP contribution in [-0.2, 0) is 4.74 Å². The van der Waals surface area contributed by atoms with Crippen molar-refractivity contribution in [2.45, 2.75) is 31.8 Å². The van der Waals surface area contributed by atoms with Gasteiger partial charge in [-0.15, -0.1) is 18.2 Å². The van der Waals surface area contributed by atoms with E-state index >= 15 is 0 Å². The van der Waals surface area contributed by atoms with Crippen LogP contribution in [0.15, 0.2) is 34.5 Å². The van der Waals surface area contributed by atoms with Crippen LogP contribution in [-0.4, -0.2) is 45.2 Å². The monoisotopic (exact) mass is 316 g/mol. The first-order valence-electron chi connectivity index (χ1n) is 6.78. The van der Waals surface area contributed by atoms with Gasteiger partial charge in [0.25, 0.3) is 0 Å². The van der Waals surface area contributed by atoms with Crippen molar-refractivity contribution in [2.75, 3.05) is 26.2 Å². The Labute approximate surface area is 134 Å². The van der Waals surface area contributed by atoms with Crippen LogP contribution >= 0.6 is 11.6 Å². The number of allylic oxidation sites excluding steroid dienone is 1. The Morgan fingerprint density at radius 1 is 1.43 bits per heavy atom. The molecule has 0 spiro atoms. The van der Waals surface area contributed by atoms with Gasteiger partial charge in [-0.3, -0.25) is 9.98 Å². The van der Waals surface area contributed by atoms with Gasteiger partial charge in [-0.1, -0.05) is 6.08 Å². The Morgan fingerprint density at radius 2 is 2.05 bits per heavy atom. The van der Waals surface area contributed by atoms with Crippen LogP contribution in [0.25, 0.3) is 0 Å². The van der Waals surface area contributed by atoms with Crippen LogP contribution in [0.5, 0.6) is 0 Å². The fourth-order valence-electron chi connectivity index (χ4n) is 1.51. The van der Waals surface area contributed by atoms with Gasteiger partial charge in [0.1, 0.15) is 6.00 Å². The highest BCUT2D eigenvalue weighted by Crippen LogP contribution is 2.23. The van der Waals surface area contributed by atoms with Crippen molar-refractivity contribution in [2.24, 2.45) is 15.7 Å². The maximum atomic E-state index is 5.82. The molecule has 0 aromatic rings.